The smallest absolute Gasteiger partial charge is 0.188 e. The predicted octanol–water partition coefficient (Wildman–Crippen LogP) is 2.97. The first-order chi connectivity index (χ1) is 10.7. The molecule has 0 spiro atoms. The molecule has 1 aliphatic carbocycles. The van der Waals surface area contributed by atoms with Gasteiger partial charge in [0.25, 0.3) is 0 Å². The number of nitrogens with two attached hydrogens (primary N) is 1. The van der Waals surface area contributed by atoms with Crippen LogP contribution in [0.5, 0.6) is 5.75 Å². The maximum absolute atomic E-state index is 5.96. The van der Waals surface area contributed by atoms with Gasteiger partial charge in [0.1, 0.15) is 5.75 Å². The van der Waals surface area contributed by atoms with Crippen LogP contribution in [0.15, 0.2) is 29.3 Å². The van der Waals surface area contributed by atoms with Crippen molar-refractivity contribution in [1.29, 1.82) is 0 Å². The number of nitrogens with one attached hydrogen (secondary N) is 1. The van der Waals surface area contributed by atoms with Gasteiger partial charge in [-0.2, -0.15) is 0 Å². The molecule has 4 nitrogen and oxygen atoms in total. The van der Waals surface area contributed by atoms with Crippen molar-refractivity contribution in [3.05, 3.63) is 29.8 Å². The lowest BCUT2D eigenvalue weighted by atomic mass is 9.80. The molecular weight excluding hydrogens is 274 g/mol. The molecule has 122 valence electrons. The zero-order valence-corrected chi connectivity index (χ0v) is 13.8. The number of methoxy groups -OCH3 is 1. The summed E-state index contributed by atoms with van der Waals surface area (Å²) in [5, 5.41) is 3.21. The third-order valence-corrected chi connectivity index (χ3v) is 4.66. The highest BCUT2D eigenvalue weighted by molar-refractivity contribution is 5.77. The Kier molecular flexibility index (Phi) is 6.56. The van der Waals surface area contributed by atoms with E-state index in [1.54, 1.807) is 7.11 Å². The van der Waals surface area contributed by atoms with Gasteiger partial charge >= 0.3 is 0 Å². The summed E-state index contributed by atoms with van der Waals surface area (Å²) in [4.78, 5) is 4.52. The fourth-order valence-corrected chi connectivity index (χ4v) is 3.06. The Morgan fingerprint density at radius 1 is 1.27 bits per heavy atom. The molecule has 2 atom stereocenters. The van der Waals surface area contributed by atoms with E-state index >= 15 is 0 Å². The maximum Gasteiger partial charge on any atom is 0.188 e. The maximum atomic E-state index is 5.96. The number of nitrogens with zero attached hydrogens (tertiary/aromatic N) is 1. The van der Waals surface area contributed by atoms with E-state index < -0.39 is 0 Å². The van der Waals surface area contributed by atoms with E-state index in [-0.39, 0.29) is 0 Å². The van der Waals surface area contributed by atoms with Crippen LogP contribution in [-0.2, 0) is 6.42 Å². The summed E-state index contributed by atoms with van der Waals surface area (Å²) >= 11 is 0. The molecule has 1 fully saturated rings. The fraction of sp³-hybridized carbons (Fsp3) is 0.611. The van der Waals surface area contributed by atoms with E-state index in [1.165, 1.54) is 31.2 Å². The quantitative estimate of drug-likeness (QED) is 0.627. The molecule has 1 saturated carbocycles. The summed E-state index contributed by atoms with van der Waals surface area (Å²) in [6, 6.07) is 8.13. The molecule has 3 N–H and O–H groups in total. The van der Waals surface area contributed by atoms with E-state index in [4.69, 9.17) is 10.5 Å². The minimum absolute atomic E-state index is 0.575. The molecule has 0 saturated heterocycles. The fourth-order valence-electron chi connectivity index (χ4n) is 3.06. The molecule has 2 unspecified atom stereocenters. The van der Waals surface area contributed by atoms with Gasteiger partial charge in [-0.3, -0.25) is 4.99 Å². The Labute approximate surface area is 134 Å². The highest BCUT2D eigenvalue weighted by Gasteiger charge is 2.20. The number of aliphatic imine (C=N–C) groups is 1. The first-order valence-electron chi connectivity index (χ1n) is 8.35. The molecule has 2 rings (SSSR count). The van der Waals surface area contributed by atoms with Crippen LogP contribution in [0.1, 0.15) is 38.2 Å². The number of rotatable bonds is 6. The van der Waals surface area contributed by atoms with Gasteiger partial charge in [-0.25, -0.2) is 0 Å². The molecule has 0 heterocycles. The number of ether oxygens (including phenoxy) is 1. The highest BCUT2D eigenvalue weighted by atomic mass is 16.5. The van der Waals surface area contributed by atoms with Crippen molar-refractivity contribution < 1.29 is 4.74 Å². The summed E-state index contributed by atoms with van der Waals surface area (Å²) in [6.07, 6.45) is 6.28. The van der Waals surface area contributed by atoms with Crippen molar-refractivity contribution in [2.24, 2.45) is 22.6 Å². The standard InChI is InChI=1S/C18H29N3O/c1-14-5-3-4-6-16(14)13-21-18(19)20-12-11-15-7-9-17(22-2)10-8-15/h7-10,14,16H,3-6,11-13H2,1-2H3,(H3,19,20,21). The second kappa shape index (κ2) is 8.66. The first-order valence-corrected chi connectivity index (χ1v) is 8.35. The lowest BCUT2D eigenvalue weighted by Gasteiger charge is -2.27. The monoisotopic (exact) mass is 303 g/mol. The van der Waals surface area contributed by atoms with Crippen LogP contribution in [0.4, 0.5) is 0 Å². The Hall–Kier alpha value is -1.71. The summed E-state index contributed by atoms with van der Waals surface area (Å²) in [5.41, 5.74) is 7.23. The van der Waals surface area contributed by atoms with Gasteiger partial charge in [-0.05, 0) is 42.4 Å². The minimum atomic E-state index is 0.575. The van der Waals surface area contributed by atoms with Gasteiger partial charge in [0, 0.05) is 13.1 Å². The summed E-state index contributed by atoms with van der Waals surface area (Å²) in [5.74, 6) is 2.95. The SMILES string of the molecule is COc1ccc(CCNC(N)=NCC2CCCCC2C)cc1. The van der Waals surface area contributed by atoms with Crippen molar-refractivity contribution in [3.8, 4) is 5.75 Å². The van der Waals surface area contributed by atoms with Gasteiger partial charge < -0.3 is 15.8 Å². The number of hydrogen-bond donors (Lipinski definition) is 2. The molecule has 0 aliphatic heterocycles. The van der Waals surface area contributed by atoms with Gasteiger partial charge in [0.15, 0.2) is 5.96 Å². The molecule has 0 aromatic heterocycles. The third kappa shape index (κ3) is 5.24. The Morgan fingerprint density at radius 3 is 2.68 bits per heavy atom. The lowest BCUT2D eigenvalue weighted by Crippen LogP contribution is -2.34. The molecule has 0 radical (unpaired) electrons. The third-order valence-electron chi connectivity index (χ3n) is 4.66. The van der Waals surface area contributed by atoms with E-state index in [0.29, 0.717) is 11.9 Å². The Bertz CT molecular complexity index is 470. The largest absolute Gasteiger partial charge is 0.497 e. The van der Waals surface area contributed by atoms with E-state index in [0.717, 1.165) is 31.2 Å². The summed E-state index contributed by atoms with van der Waals surface area (Å²) in [7, 11) is 1.68. The lowest BCUT2D eigenvalue weighted by molar-refractivity contribution is 0.263. The van der Waals surface area contributed by atoms with E-state index in [9.17, 15) is 0 Å². The predicted molar refractivity (Wildman–Crippen MR) is 92.3 cm³/mol. The molecule has 1 aromatic rings. The van der Waals surface area contributed by atoms with E-state index in [1.807, 2.05) is 12.1 Å². The zero-order chi connectivity index (χ0) is 15.8. The average molecular weight is 303 g/mol. The number of hydrogen-bond acceptors (Lipinski definition) is 2. The van der Waals surface area contributed by atoms with Crippen molar-refractivity contribution in [3.63, 3.8) is 0 Å². The molecule has 1 aliphatic rings. The molecule has 0 bridgehead atoms. The van der Waals surface area contributed by atoms with Crippen molar-refractivity contribution in [2.75, 3.05) is 20.2 Å². The van der Waals surface area contributed by atoms with Crippen LogP contribution in [0.25, 0.3) is 0 Å². The molecule has 4 heteroatoms. The zero-order valence-electron chi connectivity index (χ0n) is 13.8. The molecule has 0 amide bonds. The molecular formula is C18H29N3O. The van der Waals surface area contributed by atoms with Crippen LogP contribution < -0.4 is 15.8 Å². The van der Waals surface area contributed by atoms with Gasteiger partial charge in [-0.15, -0.1) is 0 Å². The van der Waals surface area contributed by atoms with Gasteiger partial charge in [0.05, 0.1) is 7.11 Å². The molecule has 1 aromatic carbocycles. The van der Waals surface area contributed by atoms with Crippen LogP contribution in [0, 0.1) is 11.8 Å². The molecule has 22 heavy (non-hydrogen) atoms. The average Bonchev–Trinajstić information content (AvgIpc) is 2.55. The van der Waals surface area contributed by atoms with Crippen LogP contribution in [0.2, 0.25) is 0 Å². The normalized spacial score (nSPS) is 22.4. The second-order valence-electron chi connectivity index (χ2n) is 6.27. The van der Waals surface area contributed by atoms with Crippen LogP contribution in [0.3, 0.4) is 0 Å². The topological polar surface area (TPSA) is 59.6 Å². The van der Waals surface area contributed by atoms with Crippen LogP contribution in [-0.4, -0.2) is 26.2 Å². The minimum Gasteiger partial charge on any atom is -0.497 e. The van der Waals surface area contributed by atoms with Crippen molar-refractivity contribution >= 4 is 5.96 Å². The number of guanidine groups is 1. The van der Waals surface area contributed by atoms with Crippen LogP contribution >= 0.6 is 0 Å². The number of benzene rings is 1. The van der Waals surface area contributed by atoms with E-state index in [2.05, 4.69) is 29.4 Å². The summed E-state index contributed by atoms with van der Waals surface area (Å²) in [6.45, 7) is 4.01. The summed E-state index contributed by atoms with van der Waals surface area (Å²) < 4.78 is 5.16. The second-order valence-corrected chi connectivity index (χ2v) is 6.27. The Morgan fingerprint density at radius 2 is 2.00 bits per heavy atom. The highest BCUT2D eigenvalue weighted by Crippen LogP contribution is 2.29. The van der Waals surface area contributed by atoms with Gasteiger partial charge in [0.2, 0.25) is 0 Å². The van der Waals surface area contributed by atoms with Crippen molar-refractivity contribution in [2.45, 2.75) is 39.0 Å². The Balaban J connectivity index is 1.69. The first kappa shape index (κ1) is 16.7. The van der Waals surface area contributed by atoms with Gasteiger partial charge in [-0.1, -0.05) is 38.3 Å². The van der Waals surface area contributed by atoms with Crippen molar-refractivity contribution in [1.82, 2.24) is 5.32 Å².